The van der Waals surface area contributed by atoms with Gasteiger partial charge < -0.3 is 9.73 Å². The quantitative estimate of drug-likeness (QED) is 0.821. The molecule has 0 saturated heterocycles. The van der Waals surface area contributed by atoms with Crippen molar-refractivity contribution in [1.82, 2.24) is 14.1 Å². The Morgan fingerprint density at radius 1 is 1.42 bits per heavy atom. The molecule has 24 heavy (non-hydrogen) atoms. The third-order valence-corrected chi connectivity index (χ3v) is 5.46. The van der Waals surface area contributed by atoms with Crippen molar-refractivity contribution in [3.63, 3.8) is 0 Å². The van der Waals surface area contributed by atoms with Crippen LogP contribution in [0.15, 0.2) is 27.6 Å². The molecule has 0 spiro atoms. The second kappa shape index (κ2) is 7.18. The lowest BCUT2D eigenvalue weighted by molar-refractivity contribution is 0.0994. The van der Waals surface area contributed by atoms with Gasteiger partial charge in [-0.3, -0.25) is 4.79 Å². The van der Waals surface area contributed by atoms with E-state index in [0.717, 1.165) is 17.1 Å². The van der Waals surface area contributed by atoms with Crippen molar-refractivity contribution < 1.29 is 17.6 Å². The Morgan fingerprint density at radius 2 is 2.12 bits per heavy atom. The Kier molecular flexibility index (Phi) is 5.45. The summed E-state index contributed by atoms with van der Waals surface area (Å²) in [5.41, 5.74) is 0. The van der Waals surface area contributed by atoms with Gasteiger partial charge >= 0.3 is 0 Å². The number of aryl methyl sites for hydroxylation is 2. The summed E-state index contributed by atoms with van der Waals surface area (Å²) in [5.74, 6) is 0.139. The van der Waals surface area contributed by atoms with E-state index in [4.69, 9.17) is 4.42 Å². The van der Waals surface area contributed by atoms with Gasteiger partial charge in [0.1, 0.15) is 16.5 Å². The lowest BCUT2D eigenvalue weighted by Crippen LogP contribution is -2.22. The molecule has 0 aromatic carbocycles. The summed E-state index contributed by atoms with van der Waals surface area (Å²) < 4.78 is 32.5. The van der Waals surface area contributed by atoms with Gasteiger partial charge in [-0.25, -0.2) is 17.4 Å². The molecule has 132 valence electrons. The molecule has 0 fully saturated rings. The second-order valence-electron chi connectivity index (χ2n) is 5.57. The number of hydrogen-bond acceptors (Lipinski definition) is 5. The van der Waals surface area contributed by atoms with Crippen LogP contribution in [0, 0.1) is 6.92 Å². The normalized spacial score (nSPS) is 11.9. The minimum Gasteiger partial charge on any atom is -0.455 e. The van der Waals surface area contributed by atoms with Crippen molar-refractivity contribution in [2.45, 2.75) is 38.1 Å². The number of hydrogen-bond donors (Lipinski definition) is 1. The minimum absolute atomic E-state index is 0.0165. The number of anilines is 1. The first-order chi connectivity index (χ1) is 11.3. The number of carbonyl (C=O) groups is 1. The Labute approximate surface area is 141 Å². The lowest BCUT2D eigenvalue weighted by Gasteiger charge is -2.09. The smallest absolute Gasteiger partial charge is 0.292 e. The first-order valence-electron chi connectivity index (χ1n) is 7.63. The van der Waals surface area contributed by atoms with E-state index in [1.807, 2.05) is 0 Å². The van der Waals surface area contributed by atoms with Gasteiger partial charge in [-0.05, 0) is 13.3 Å². The molecular formula is C15H22N4O4S. The predicted octanol–water partition coefficient (Wildman–Crippen LogP) is 2.09. The largest absolute Gasteiger partial charge is 0.455 e. The molecule has 2 heterocycles. The van der Waals surface area contributed by atoms with Crippen LogP contribution in [0.5, 0.6) is 0 Å². The molecule has 2 aromatic heterocycles. The minimum atomic E-state index is -3.66. The van der Waals surface area contributed by atoms with Crippen molar-refractivity contribution in [3.05, 3.63) is 29.9 Å². The zero-order valence-corrected chi connectivity index (χ0v) is 15.1. The Balaban J connectivity index is 2.22. The summed E-state index contributed by atoms with van der Waals surface area (Å²) in [6.07, 6.45) is 3.55. The van der Waals surface area contributed by atoms with E-state index >= 15 is 0 Å². The van der Waals surface area contributed by atoms with E-state index in [9.17, 15) is 13.2 Å². The molecule has 0 aliphatic rings. The number of rotatable bonds is 7. The van der Waals surface area contributed by atoms with E-state index in [0.29, 0.717) is 12.4 Å². The molecule has 0 aliphatic heterocycles. The van der Waals surface area contributed by atoms with Crippen molar-refractivity contribution >= 4 is 21.7 Å². The molecular weight excluding hydrogens is 332 g/mol. The monoisotopic (exact) mass is 354 g/mol. The number of carbonyl (C=O) groups excluding carboxylic acids is 1. The van der Waals surface area contributed by atoms with Gasteiger partial charge in [0.05, 0.1) is 6.20 Å². The van der Waals surface area contributed by atoms with E-state index in [1.54, 1.807) is 16.9 Å². The van der Waals surface area contributed by atoms with Gasteiger partial charge in [0.25, 0.3) is 5.91 Å². The second-order valence-corrected chi connectivity index (χ2v) is 7.69. The van der Waals surface area contributed by atoms with Gasteiger partial charge in [0, 0.05) is 32.8 Å². The predicted molar refractivity (Wildman–Crippen MR) is 89.4 cm³/mol. The highest BCUT2D eigenvalue weighted by molar-refractivity contribution is 7.89. The Hall–Kier alpha value is -2.13. The average Bonchev–Trinajstić information content (AvgIpc) is 3.11. The summed E-state index contributed by atoms with van der Waals surface area (Å²) in [4.78, 5) is 12.3. The number of nitrogens with one attached hydrogen (secondary N) is 1. The van der Waals surface area contributed by atoms with Crippen LogP contribution in [-0.4, -0.2) is 42.5 Å². The molecule has 1 N–H and O–H groups in total. The highest BCUT2D eigenvalue weighted by Crippen LogP contribution is 2.23. The molecule has 0 unspecified atom stereocenters. The van der Waals surface area contributed by atoms with Gasteiger partial charge in [0.2, 0.25) is 10.0 Å². The number of nitrogens with zero attached hydrogens (tertiary/aromatic N) is 3. The average molecular weight is 354 g/mol. The van der Waals surface area contributed by atoms with Gasteiger partial charge in [-0.2, -0.15) is 5.10 Å². The van der Waals surface area contributed by atoms with Crippen molar-refractivity contribution in [2.75, 3.05) is 19.4 Å². The molecule has 0 aliphatic carbocycles. The number of amides is 1. The van der Waals surface area contributed by atoms with Gasteiger partial charge in [0.15, 0.2) is 5.76 Å². The first kappa shape index (κ1) is 18.2. The highest BCUT2D eigenvalue weighted by Gasteiger charge is 2.26. The summed E-state index contributed by atoms with van der Waals surface area (Å²) in [5, 5.41) is 6.85. The fourth-order valence-corrected chi connectivity index (χ4v) is 3.19. The summed E-state index contributed by atoms with van der Waals surface area (Å²) in [7, 11) is -0.812. The number of sulfonamides is 1. The lowest BCUT2D eigenvalue weighted by atomic mass is 10.3. The van der Waals surface area contributed by atoms with E-state index < -0.39 is 15.9 Å². The van der Waals surface area contributed by atoms with Crippen LogP contribution in [-0.2, 0) is 16.6 Å². The van der Waals surface area contributed by atoms with Crippen LogP contribution < -0.4 is 5.32 Å². The zero-order chi connectivity index (χ0) is 17.9. The maximum atomic E-state index is 12.3. The van der Waals surface area contributed by atoms with E-state index in [-0.39, 0.29) is 16.4 Å². The Morgan fingerprint density at radius 3 is 2.75 bits per heavy atom. The van der Waals surface area contributed by atoms with Crippen LogP contribution in [0.25, 0.3) is 0 Å². The third kappa shape index (κ3) is 3.68. The maximum Gasteiger partial charge on any atom is 0.292 e. The molecule has 0 radical (unpaired) electrons. The van der Waals surface area contributed by atoms with Crippen molar-refractivity contribution in [2.24, 2.45) is 0 Å². The summed E-state index contributed by atoms with van der Waals surface area (Å²) in [6.45, 7) is 4.27. The van der Waals surface area contributed by atoms with Crippen molar-refractivity contribution in [3.8, 4) is 0 Å². The van der Waals surface area contributed by atoms with Gasteiger partial charge in [-0.1, -0.05) is 13.3 Å². The number of aromatic nitrogens is 2. The molecule has 0 atom stereocenters. The number of unbranched alkanes of at least 4 members (excludes halogenated alkanes) is 1. The Bertz CT molecular complexity index is 820. The van der Waals surface area contributed by atoms with Crippen LogP contribution in [0.1, 0.15) is 36.1 Å². The van der Waals surface area contributed by atoms with E-state index in [1.165, 1.54) is 27.1 Å². The SMILES string of the molecule is CCCCn1nccc1NC(=O)c1cc(S(=O)(=O)N(C)C)c(C)o1. The van der Waals surface area contributed by atoms with Crippen molar-refractivity contribution in [1.29, 1.82) is 0 Å². The fraction of sp³-hybridized carbons (Fsp3) is 0.467. The standard InChI is InChI=1S/C15H22N4O4S/c1-5-6-9-19-14(7-8-16-19)17-15(20)12-10-13(11(2)23-12)24(21,22)18(3)4/h7-8,10H,5-6,9H2,1-4H3,(H,17,20). The zero-order valence-electron chi connectivity index (χ0n) is 14.2. The maximum absolute atomic E-state index is 12.3. The van der Waals surface area contributed by atoms with E-state index in [2.05, 4.69) is 17.3 Å². The fourth-order valence-electron chi connectivity index (χ4n) is 2.13. The van der Waals surface area contributed by atoms with Crippen LogP contribution in [0.3, 0.4) is 0 Å². The molecule has 0 bridgehead atoms. The molecule has 0 saturated carbocycles. The highest BCUT2D eigenvalue weighted by atomic mass is 32.2. The number of furan rings is 1. The van der Waals surface area contributed by atoms with Crippen LogP contribution >= 0.6 is 0 Å². The van der Waals surface area contributed by atoms with Gasteiger partial charge in [-0.15, -0.1) is 0 Å². The summed E-state index contributed by atoms with van der Waals surface area (Å²) >= 11 is 0. The third-order valence-electron chi connectivity index (χ3n) is 3.54. The molecule has 8 nitrogen and oxygen atoms in total. The first-order valence-corrected chi connectivity index (χ1v) is 9.07. The summed E-state index contributed by atoms with van der Waals surface area (Å²) in [6, 6.07) is 2.92. The molecule has 2 rings (SSSR count). The molecule has 9 heteroatoms. The molecule has 1 amide bonds. The van der Waals surface area contributed by atoms with Crippen LogP contribution in [0.4, 0.5) is 5.82 Å². The van der Waals surface area contributed by atoms with Crippen LogP contribution in [0.2, 0.25) is 0 Å². The topological polar surface area (TPSA) is 97.4 Å². The molecule has 2 aromatic rings.